The van der Waals surface area contributed by atoms with Gasteiger partial charge < -0.3 is 16.0 Å². The molecule has 1 atom stereocenters. The van der Waals surface area contributed by atoms with Gasteiger partial charge in [0.1, 0.15) is 10.6 Å². The van der Waals surface area contributed by atoms with E-state index in [1.165, 1.54) is 28.2 Å². The van der Waals surface area contributed by atoms with E-state index in [1.807, 2.05) is 13.8 Å². The predicted molar refractivity (Wildman–Crippen MR) is 88.4 cm³/mol. The highest BCUT2D eigenvalue weighted by atomic mass is 35.5. The summed E-state index contributed by atoms with van der Waals surface area (Å²) in [5, 5.41) is 0. The fourth-order valence-electron chi connectivity index (χ4n) is 1.88. The minimum Gasteiger partial charge on any atom is -0.364 e. The summed E-state index contributed by atoms with van der Waals surface area (Å²) in [6.07, 6.45) is 1.96. The molecule has 0 aliphatic carbocycles. The summed E-state index contributed by atoms with van der Waals surface area (Å²) in [6.45, 7) is 4.31. The molecule has 0 saturated carbocycles. The van der Waals surface area contributed by atoms with Crippen molar-refractivity contribution in [2.45, 2.75) is 31.2 Å². The molecule has 1 aromatic heterocycles. The summed E-state index contributed by atoms with van der Waals surface area (Å²) in [7, 11) is -0.570. The molecule has 1 unspecified atom stereocenters. The van der Waals surface area contributed by atoms with Gasteiger partial charge >= 0.3 is 0 Å². The molecular formula is C13H25ClN4O3S. The molecule has 0 spiro atoms. The Morgan fingerprint density at radius 3 is 2.36 bits per heavy atom. The SMILES string of the molecule is CC(C)C(N)CCN(C)S(=O)(=O)c1cc(C(N)=O)n(C)c1.Cl. The van der Waals surface area contributed by atoms with E-state index in [1.54, 1.807) is 7.05 Å². The van der Waals surface area contributed by atoms with Crippen molar-refractivity contribution >= 4 is 28.3 Å². The molecule has 1 aromatic rings. The van der Waals surface area contributed by atoms with Gasteiger partial charge in [0.25, 0.3) is 5.91 Å². The number of hydrogen-bond acceptors (Lipinski definition) is 4. The predicted octanol–water partition coefficient (Wildman–Crippen LogP) is 0.540. The normalized spacial score (nSPS) is 13.2. The Hall–Kier alpha value is -1.09. The van der Waals surface area contributed by atoms with Gasteiger partial charge in [-0.25, -0.2) is 12.7 Å². The molecule has 9 heteroatoms. The molecule has 1 amide bonds. The Bertz CT molecular complexity index is 613. The van der Waals surface area contributed by atoms with Crippen LogP contribution in [0.25, 0.3) is 0 Å². The van der Waals surface area contributed by atoms with Gasteiger partial charge in [-0.05, 0) is 18.4 Å². The molecule has 1 rings (SSSR count). The van der Waals surface area contributed by atoms with Crippen LogP contribution >= 0.6 is 12.4 Å². The van der Waals surface area contributed by atoms with Gasteiger partial charge in [-0.15, -0.1) is 12.4 Å². The molecule has 128 valence electrons. The number of aryl methyl sites for hydroxylation is 1. The third-order valence-electron chi connectivity index (χ3n) is 3.57. The van der Waals surface area contributed by atoms with Gasteiger partial charge in [-0.3, -0.25) is 4.79 Å². The summed E-state index contributed by atoms with van der Waals surface area (Å²) >= 11 is 0. The fourth-order valence-corrected chi connectivity index (χ4v) is 3.14. The quantitative estimate of drug-likeness (QED) is 0.745. The Kier molecular flexibility index (Phi) is 7.56. The van der Waals surface area contributed by atoms with Gasteiger partial charge in [0, 0.05) is 32.9 Å². The van der Waals surface area contributed by atoms with Crippen LogP contribution in [0, 0.1) is 5.92 Å². The first-order chi connectivity index (χ1) is 9.57. The van der Waals surface area contributed by atoms with E-state index < -0.39 is 15.9 Å². The maximum Gasteiger partial charge on any atom is 0.265 e. The molecule has 0 aliphatic rings. The first kappa shape index (κ1) is 20.9. The van der Waals surface area contributed by atoms with Crippen LogP contribution in [0.5, 0.6) is 0 Å². The van der Waals surface area contributed by atoms with Gasteiger partial charge in [-0.2, -0.15) is 0 Å². The Morgan fingerprint density at radius 2 is 1.95 bits per heavy atom. The van der Waals surface area contributed by atoms with Crippen LogP contribution < -0.4 is 11.5 Å². The lowest BCUT2D eigenvalue weighted by Crippen LogP contribution is -2.34. The average molecular weight is 353 g/mol. The zero-order valence-electron chi connectivity index (χ0n) is 13.3. The van der Waals surface area contributed by atoms with Crippen molar-refractivity contribution in [3.8, 4) is 0 Å². The number of primary amides is 1. The lowest BCUT2D eigenvalue weighted by atomic mass is 10.0. The summed E-state index contributed by atoms with van der Waals surface area (Å²) in [5.74, 6) is -0.372. The standard InChI is InChI=1S/C13H24N4O3S.ClH/c1-9(2)11(14)5-6-17(4)21(19,20)10-7-12(13(15)18)16(3)8-10;/h7-9,11H,5-6,14H2,1-4H3,(H2,15,18);1H. The third kappa shape index (κ3) is 4.70. The lowest BCUT2D eigenvalue weighted by molar-refractivity contribution is 0.0992. The van der Waals surface area contributed by atoms with E-state index in [2.05, 4.69) is 0 Å². The number of nitrogens with zero attached hydrogens (tertiary/aromatic N) is 2. The molecule has 0 aliphatic heterocycles. The zero-order chi connectivity index (χ0) is 16.4. The summed E-state index contributed by atoms with van der Waals surface area (Å²) < 4.78 is 27.5. The van der Waals surface area contributed by atoms with Crippen LogP contribution in [0.4, 0.5) is 0 Å². The van der Waals surface area contributed by atoms with E-state index in [9.17, 15) is 13.2 Å². The second kappa shape index (κ2) is 7.96. The molecule has 1 heterocycles. The number of aromatic nitrogens is 1. The third-order valence-corrected chi connectivity index (χ3v) is 5.40. The molecular weight excluding hydrogens is 328 g/mol. The van der Waals surface area contributed by atoms with Crippen molar-refractivity contribution in [2.75, 3.05) is 13.6 Å². The highest BCUT2D eigenvalue weighted by Crippen LogP contribution is 2.18. The topological polar surface area (TPSA) is 111 Å². The highest BCUT2D eigenvalue weighted by molar-refractivity contribution is 7.89. The fraction of sp³-hybridized carbons (Fsp3) is 0.615. The molecule has 0 fully saturated rings. The molecule has 0 radical (unpaired) electrons. The molecule has 0 saturated heterocycles. The molecule has 0 aromatic carbocycles. The largest absolute Gasteiger partial charge is 0.364 e. The number of hydrogen-bond donors (Lipinski definition) is 2. The van der Waals surface area contributed by atoms with Crippen LogP contribution in [0.2, 0.25) is 0 Å². The lowest BCUT2D eigenvalue weighted by Gasteiger charge is -2.20. The highest BCUT2D eigenvalue weighted by Gasteiger charge is 2.24. The van der Waals surface area contributed by atoms with Crippen LogP contribution in [-0.4, -0.2) is 42.8 Å². The maximum atomic E-state index is 12.4. The summed E-state index contributed by atoms with van der Waals surface area (Å²) in [6, 6.07) is 1.23. The number of rotatable bonds is 7. The number of carbonyl (C=O) groups excluding carboxylic acids is 1. The van der Waals surface area contributed by atoms with Crippen molar-refractivity contribution in [1.29, 1.82) is 0 Å². The van der Waals surface area contributed by atoms with Crippen molar-refractivity contribution in [2.24, 2.45) is 24.4 Å². The van der Waals surface area contributed by atoms with E-state index in [4.69, 9.17) is 11.5 Å². The summed E-state index contributed by atoms with van der Waals surface area (Å²) in [5.41, 5.74) is 11.3. The number of carbonyl (C=O) groups is 1. The second-order valence-electron chi connectivity index (χ2n) is 5.56. The van der Waals surface area contributed by atoms with Crippen molar-refractivity contribution in [3.05, 3.63) is 18.0 Å². The minimum atomic E-state index is -3.65. The average Bonchev–Trinajstić information content (AvgIpc) is 2.78. The van der Waals surface area contributed by atoms with Gasteiger partial charge in [0.15, 0.2) is 0 Å². The Labute approximate surface area is 138 Å². The van der Waals surface area contributed by atoms with Gasteiger partial charge in [0.2, 0.25) is 10.0 Å². The first-order valence-electron chi connectivity index (χ1n) is 6.75. The number of amides is 1. The van der Waals surface area contributed by atoms with Crippen LogP contribution in [0.15, 0.2) is 17.2 Å². The number of halogens is 1. The Balaban J connectivity index is 0.00000441. The van der Waals surface area contributed by atoms with Gasteiger partial charge in [-0.1, -0.05) is 13.8 Å². The van der Waals surface area contributed by atoms with Crippen molar-refractivity contribution in [1.82, 2.24) is 8.87 Å². The van der Waals surface area contributed by atoms with E-state index in [-0.39, 0.29) is 29.0 Å². The molecule has 7 nitrogen and oxygen atoms in total. The molecule has 22 heavy (non-hydrogen) atoms. The smallest absolute Gasteiger partial charge is 0.265 e. The van der Waals surface area contributed by atoms with Crippen LogP contribution in [0.1, 0.15) is 30.8 Å². The Morgan fingerprint density at radius 1 is 1.41 bits per heavy atom. The van der Waals surface area contributed by atoms with Gasteiger partial charge in [0.05, 0.1) is 0 Å². The van der Waals surface area contributed by atoms with E-state index >= 15 is 0 Å². The van der Waals surface area contributed by atoms with E-state index in [0.717, 1.165) is 0 Å². The van der Waals surface area contributed by atoms with Crippen molar-refractivity contribution < 1.29 is 13.2 Å². The molecule has 0 bridgehead atoms. The monoisotopic (exact) mass is 352 g/mol. The number of nitrogens with two attached hydrogens (primary N) is 2. The van der Waals surface area contributed by atoms with Crippen LogP contribution in [0.3, 0.4) is 0 Å². The van der Waals surface area contributed by atoms with E-state index in [0.29, 0.717) is 18.9 Å². The minimum absolute atomic E-state index is 0. The molecule has 4 N–H and O–H groups in total. The van der Waals surface area contributed by atoms with Crippen molar-refractivity contribution in [3.63, 3.8) is 0 Å². The summed E-state index contributed by atoms with van der Waals surface area (Å²) in [4.78, 5) is 11.3. The second-order valence-corrected chi connectivity index (χ2v) is 7.60. The zero-order valence-corrected chi connectivity index (χ0v) is 14.9. The van der Waals surface area contributed by atoms with Crippen LogP contribution in [-0.2, 0) is 17.1 Å². The first-order valence-corrected chi connectivity index (χ1v) is 8.19. The maximum absolute atomic E-state index is 12.4. The number of sulfonamides is 1.